The van der Waals surface area contributed by atoms with E-state index < -0.39 is 23.9 Å². The van der Waals surface area contributed by atoms with Crippen molar-refractivity contribution in [3.05, 3.63) is 53.3 Å². The Balaban J connectivity index is 1.79. The van der Waals surface area contributed by atoms with Gasteiger partial charge in [0.15, 0.2) is 17.5 Å². The number of nitrogens with two attached hydrogens (primary N) is 1. The number of aliphatic hydroxyl groups excluding tert-OH is 1. The monoisotopic (exact) mass is 601 g/mol. The van der Waals surface area contributed by atoms with Crippen LogP contribution in [0, 0.1) is 23.6 Å². The van der Waals surface area contributed by atoms with Gasteiger partial charge in [0, 0.05) is 22.9 Å². The van der Waals surface area contributed by atoms with Crippen molar-refractivity contribution in [3.63, 3.8) is 0 Å². The minimum Gasteiger partial charge on any atom is -0.490 e. The van der Waals surface area contributed by atoms with Gasteiger partial charge in [-0.25, -0.2) is 14.0 Å². The number of hydrogen-bond donors (Lipinski definition) is 3. The summed E-state index contributed by atoms with van der Waals surface area (Å²) in [6.07, 6.45) is 2.01. The molecule has 2 aromatic rings. The van der Waals surface area contributed by atoms with Gasteiger partial charge < -0.3 is 35.1 Å². The number of amides is 1. The van der Waals surface area contributed by atoms with E-state index in [4.69, 9.17) is 29.8 Å². The van der Waals surface area contributed by atoms with Crippen molar-refractivity contribution in [2.45, 2.75) is 66.0 Å². The fraction of sp³-hybridized carbons (Fsp3) is 0.531. The molecule has 0 bridgehead atoms. The van der Waals surface area contributed by atoms with E-state index in [-0.39, 0.29) is 61.3 Å². The van der Waals surface area contributed by atoms with E-state index >= 15 is 4.39 Å². The summed E-state index contributed by atoms with van der Waals surface area (Å²) in [6, 6.07) is 7.79. The SMILES string of the molecule is CCOC(=O)C(Nc1ccc(C(N)=NC(=O)O[C@@H]2C[C@H](C)CC[C@H]2C(C)C)cc1)c1cc(OCC)c(OCCO)cc1F. The number of carbonyl (C=O) groups is 2. The minimum atomic E-state index is -1.22. The summed E-state index contributed by atoms with van der Waals surface area (Å²) in [5, 5.41) is 12.1. The maximum absolute atomic E-state index is 15.3. The van der Waals surface area contributed by atoms with E-state index in [0.29, 0.717) is 23.1 Å². The lowest BCUT2D eigenvalue weighted by atomic mass is 9.75. The maximum Gasteiger partial charge on any atom is 0.435 e. The molecule has 43 heavy (non-hydrogen) atoms. The number of halogens is 1. The summed E-state index contributed by atoms with van der Waals surface area (Å²) in [7, 11) is 0. The van der Waals surface area contributed by atoms with Crippen LogP contribution in [-0.2, 0) is 14.3 Å². The van der Waals surface area contributed by atoms with Crippen LogP contribution in [0.15, 0.2) is 41.4 Å². The number of esters is 1. The van der Waals surface area contributed by atoms with Gasteiger partial charge in [0.1, 0.15) is 24.4 Å². The number of hydrogen-bond acceptors (Lipinski definition) is 8. The summed E-state index contributed by atoms with van der Waals surface area (Å²) < 4.78 is 37.2. The van der Waals surface area contributed by atoms with Crippen LogP contribution in [0.1, 0.15) is 71.0 Å². The summed E-state index contributed by atoms with van der Waals surface area (Å²) in [5.74, 6) is 0.0544. The number of anilines is 1. The highest BCUT2D eigenvalue weighted by Crippen LogP contribution is 2.36. The molecule has 1 amide bonds. The average Bonchev–Trinajstić information content (AvgIpc) is 2.96. The van der Waals surface area contributed by atoms with Crippen LogP contribution in [-0.4, -0.2) is 55.5 Å². The smallest absolute Gasteiger partial charge is 0.435 e. The third-order valence-corrected chi connectivity index (χ3v) is 7.46. The summed E-state index contributed by atoms with van der Waals surface area (Å²) in [6.45, 7) is 9.90. The van der Waals surface area contributed by atoms with E-state index in [1.54, 1.807) is 38.1 Å². The number of carbonyl (C=O) groups excluding carboxylic acids is 2. The molecule has 1 aliphatic rings. The number of rotatable bonds is 13. The lowest BCUT2D eigenvalue weighted by Gasteiger charge is -2.36. The summed E-state index contributed by atoms with van der Waals surface area (Å²) >= 11 is 0. The first-order valence-electron chi connectivity index (χ1n) is 14.9. The zero-order valence-corrected chi connectivity index (χ0v) is 25.6. The second-order valence-corrected chi connectivity index (χ2v) is 11.0. The molecule has 0 aliphatic heterocycles. The van der Waals surface area contributed by atoms with Crippen LogP contribution in [0.5, 0.6) is 11.5 Å². The molecule has 0 spiro atoms. The molecule has 3 rings (SSSR count). The quantitative estimate of drug-likeness (QED) is 0.152. The fourth-order valence-electron chi connectivity index (χ4n) is 5.27. The standard InChI is InChI=1S/C32H44FN3O7/c1-6-40-27-17-24(25(33)18-28(27)42-15-14-37)29(31(38)41-7-2)35-22-11-9-21(10-12-22)30(34)36-32(39)43-26-16-20(5)8-13-23(26)19(3)4/h9-12,17-20,23,26,29,35,37H,6-8,13-16H2,1-5H3,(H2,34,36,39)/t20-,23+,26-,29?/m1/s1. The molecule has 1 aliphatic carbocycles. The molecule has 4 atom stereocenters. The van der Waals surface area contributed by atoms with Gasteiger partial charge in [-0.05, 0) is 74.8 Å². The van der Waals surface area contributed by atoms with Gasteiger partial charge in [0.25, 0.3) is 0 Å². The van der Waals surface area contributed by atoms with Gasteiger partial charge in [0.2, 0.25) is 0 Å². The summed E-state index contributed by atoms with van der Waals surface area (Å²) in [5.41, 5.74) is 7.06. The van der Waals surface area contributed by atoms with Gasteiger partial charge in [0.05, 0.1) is 19.8 Å². The van der Waals surface area contributed by atoms with Gasteiger partial charge in [-0.2, -0.15) is 4.99 Å². The molecule has 0 aromatic heterocycles. The molecule has 2 aromatic carbocycles. The van der Waals surface area contributed by atoms with Crippen LogP contribution in [0.3, 0.4) is 0 Å². The maximum atomic E-state index is 15.3. The first kappa shape index (κ1) is 33.6. The van der Waals surface area contributed by atoms with Crippen LogP contribution in [0.2, 0.25) is 0 Å². The van der Waals surface area contributed by atoms with Crippen molar-refractivity contribution >= 4 is 23.6 Å². The zero-order valence-electron chi connectivity index (χ0n) is 25.6. The number of benzene rings is 2. The Hall–Kier alpha value is -3.86. The van der Waals surface area contributed by atoms with Crippen molar-refractivity contribution < 1.29 is 38.0 Å². The lowest BCUT2D eigenvalue weighted by molar-refractivity contribution is -0.144. The molecule has 1 fully saturated rings. The molecule has 11 heteroatoms. The Kier molecular flexibility index (Phi) is 12.6. The van der Waals surface area contributed by atoms with Crippen molar-refractivity contribution in [3.8, 4) is 11.5 Å². The molecule has 0 radical (unpaired) electrons. The zero-order chi connectivity index (χ0) is 31.5. The van der Waals surface area contributed by atoms with E-state index in [9.17, 15) is 9.59 Å². The molecule has 236 valence electrons. The van der Waals surface area contributed by atoms with Crippen LogP contribution in [0.4, 0.5) is 14.9 Å². The third kappa shape index (κ3) is 9.31. The first-order chi connectivity index (χ1) is 20.6. The van der Waals surface area contributed by atoms with Crippen molar-refractivity contribution in [1.29, 1.82) is 0 Å². The van der Waals surface area contributed by atoms with Crippen LogP contribution >= 0.6 is 0 Å². The minimum absolute atomic E-state index is 0.00526. The van der Waals surface area contributed by atoms with Gasteiger partial charge in [-0.15, -0.1) is 0 Å². The highest BCUT2D eigenvalue weighted by atomic mass is 19.1. The number of ether oxygens (including phenoxy) is 4. The van der Waals surface area contributed by atoms with Crippen molar-refractivity contribution in [2.75, 3.05) is 31.7 Å². The number of aliphatic hydroxyl groups is 1. The predicted molar refractivity (Wildman–Crippen MR) is 162 cm³/mol. The molecule has 0 saturated heterocycles. The Bertz CT molecular complexity index is 1250. The molecule has 10 nitrogen and oxygen atoms in total. The fourth-order valence-corrected chi connectivity index (χ4v) is 5.27. The highest BCUT2D eigenvalue weighted by molar-refractivity contribution is 6.03. The highest BCUT2D eigenvalue weighted by Gasteiger charge is 2.33. The Morgan fingerprint density at radius 2 is 1.79 bits per heavy atom. The van der Waals surface area contributed by atoms with E-state index in [2.05, 4.69) is 31.1 Å². The largest absolute Gasteiger partial charge is 0.490 e. The molecule has 0 heterocycles. The number of aliphatic imine (C=N–C) groups is 1. The molecular weight excluding hydrogens is 557 g/mol. The lowest BCUT2D eigenvalue weighted by Crippen LogP contribution is -2.35. The normalized spacial score (nSPS) is 19.4. The van der Waals surface area contributed by atoms with E-state index in [0.717, 1.165) is 25.3 Å². The number of nitrogens with zero attached hydrogens (tertiary/aromatic N) is 1. The molecule has 1 unspecified atom stereocenters. The van der Waals surface area contributed by atoms with Crippen molar-refractivity contribution in [1.82, 2.24) is 0 Å². The molecule has 4 N–H and O–H groups in total. The van der Waals surface area contributed by atoms with E-state index in [1.165, 1.54) is 6.07 Å². The van der Waals surface area contributed by atoms with Crippen LogP contribution < -0.4 is 20.5 Å². The molecular formula is C32H44FN3O7. The van der Waals surface area contributed by atoms with Crippen molar-refractivity contribution in [2.24, 2.45) is 28.5 Å². The second kappa shape index (κ2) is 16.1. The number of nitrogens with one attached hydrogen (secondary N) is 1. The third-order valence-electron chi connectivity index (χ3n) is 7.46. The Morgan fingerprint density at radius 3 is 2.42 bits per heavy atom. The Morgan fingerprint density at radius 1 is 1.09 bits per heavy atom. The topological polar surface area (TPSA) is 142 Å². The summed E-state index contributed by atoms with van der Waals surface area (Å²) in [4.78, 5) is 29.5. The van der Waals surface area contributed by atoms with Gasteiger partial charge in [-0.3, -0.25) is 0 Å². The average molecular weight is 602 g/mol. The first-order valence-corrected chi connectivity index (χ1v) is 14.9. The van der Waals surface area contributed by atoms with E-state index in [1.807, 2.05) is 0 Å². The number of amidine groups is 1. The second-order valence-electron chi connectivity index (χ2n) is 11.0. The molecule has 1 saturated carbocycles. The predicted octanol–water partition coefficient (Wildman–Crippen LogP) is 5.61. The van der Waals surface area contributed by atoms with Gasteiger partial charge >= 0.3 is 12.1 Å². The van der Waals surface area contributed by atoms with Crippen LogP contribution in [0.25, 0.3) is 0 Å². The van der Waals surface area contributed by atoms with Gasteiger partial charge in [-0.1, -0.05) is 27.2 Å². The Labute approximate surface area is 252 Å².